The molecule has 0 aliphatic heterocycles. The van der Waals surface area contributed by atoms with Crippen LogP contribution in [0.4, 0.5) is 0 Å². The zero-order chi connectivity index (χ0) is 21.5. The number of aryl methyl sites for hydroxylation is 1. The molecule has 5 heteroatoms. The fraction of sp³-hybridized carbons (Fsp3) is 0.346. The zero-order valence-electron chi connectivity index (χ0n) is 18.1. The van der Waals surface area contributed by atoms with Gasteiger partial charge in [0.15, 0.2) is 0 Å². The summed E-state index contributed by atoms with van der Waals surface area (Å²) in [6.45, 7) is 2.80. The molecule has 1 aliphatic rings. The maximum absolute atomic E-state index is 12.4. The first-order chi connectivity index (χ1) is 15.2. The molecular formula is C26H29N3OS. The van der Waals surface area contributed by atoms with Crippen molar-refractivity contribution in [2.75, 3.05) is 12.3 Å². The number of para-hydroxylation sites is 2. The number of benzene rings is 2. The molecule has 0 bridgehead atoms. The van der Waals surface area contributed by atoms with E-state index in [1.54, 1.807) is 0 Å². The Labute approximate surface area is 188 Å². The summed E-state index contributed by atoms with van der Waals surface area (Å²) in [5.74, 6) is 0.408. The minimum absolute atomic E-state index is 0.0534. The van der Waals surface area contributed by atoms with Gasteiger partial charge in [-0.05, 0) is 56.7 Å². The summed E-state index contributed by atoms with van der Waals surface area (Å²) in [5.41, 5.74) is 6.60. The number of carbonyl (C=O) groups excluding carboxylic acids is 1. The van der Waals surface area contributed by atoms with Crippen LogP contribution in [0, 0.1) is 6.92 Å². The van der Waals surface area contributed by atoms with Crippen molar-refractivity contribution in [2.24, 2.45) is 0 Å². The molecule has 0 saturated heterocycles. The molecule has 4 rings (SSSR count). The Morgan fingerprint density at radius 3 is 2.55 bits per heavy atom. The summed E-state index contributed by atoms with van der Waals surface area (Å²) in [7, 11) is 0. The maximum Gasteiger partial charge on any atom is 0.230 e. The van der Waals surface area contributed by atoms with Crippen LogP contribution in [-0.2, 0) is 11.2 Å². The fourth-order valence-corrected chi connectivity index (χ4v) is 4.65. The SMILES string of the molecule is Cc1ccc(Cc2nc3ccccc3nc2SCC(=O)NCCC2=CCCCC2)cc1. The Bertz CT molecular complexity index is 1080. The van der Waals surface area contributed by atoms with Crippen molar-refractivity contribution in [3.63, 3.8) is 0 Å². The van der Waals surface area contributed by atoms with Gasteiger partial charge in [-0.25, -0.2) is 9.97 Å². The molecule has 0 saturated carbocycles. The minimum atomic E-state index is 0.0534. The Morgan fingerprint density at radius 1 is 1.03 bits per heavy atom. The molecule has 1 heterocycles. The molecule has 4 nitrogen and oxygen atoms in total. The van der Waals surface area contributed by atoms with Crippen LogP contribution in [0.1, 0.15) is 48.9 Å². The summed E-state index contributed by atoms with van der Waals surface area (Å²) in [6, 6.07) is 16.4. The van der Waals surface area contributed by atoms with Crippen molar-refractivity contribution in [2.45, 2.75) is 50.5 Å². The lowest BCUT2D eigenvalue weighted by molar-refractivity contribution is -0.118. The number of carbonyl (C=O) groups is 1. The topological polar surface area (TPSA) is 54.9 Å². The highest BCUT2D eigenvalue weighted by Gasteiger charge is 2.13. The molecule has 0 radical (unpaired) electrons. The summed E-state index contributed by atoms with van der Waals surface area (Å²) in [6.07, 6.45) is 8.95. The highest BCUT2D eigenvalue weighted by atomic mass is 32.2. The van der Waals surface area contributed by atoms with Crippen LogP contribution in [0.15, 0.2) is 65.2 Å². The number of amides is 1. The largest absolute Gasteiger partial charge is 0.355 e. The summed E-state index contributed by atoms with van der Waals surface area (Å²) < 4.78 is 0. The van der Waals surface area contributed by atoms with Gasteiger partial charge in [0.1, 0.15) is 5.03 Å². The highest BCUT2D eigenvalue weighted by molar-refractivity contribution is 7.99. The van der Waals surface area contributed by atoms with E-state index in [0.29, 0.717) is 18.7 Å². The van der Waals surface area contributed by atoms with E-state index in [0.717, 1.165) is 28.2 Å². The van der Waals surface area contributed by atoms with Crippen molar-refractivity contribution in [3.8, 4) is 0 Å². The molecular weight excluding hydrogens is 402 g/mol. The van der Waals surface area contributed by atoms with Gasteiger partial charge in [-0.3, -0.25) is 4.79 Å². The van der Waals surface area contributed by atoms with Gasteiger partial charge < -0.3 is 5.32 Å². The van der Waals surface area contributed by atoms with E-state index in [1.165, 1.54) is 54.1 Å². The molecule has 0 atom stereocenters. The summed E-state index contributed by atoms with van der Waals surface area (Å²) in [5, 5.41) is 3.90. The van der Waals surface area contributed by atoms with Crippen LogP contribution in [-0.4, -0.2) is 28.2 Å². The second-order valence-electron chi connectivity index (χ2n) is 8.12. The van der Waals surface area contributed by atoms with Crippen molar-refractivity contribution < 1.29 is 4.79 Å². The average Bonchev–Trinajstić information content (AvgIpc) is 2.80. The van der Waals surface area contributed by atoms with E-state index in [2.05, 4.69) is 42.6 Å². The molecule has 0 fully saturated rings. The normalized spacial score (nSPS) is 13.8. The Kier molecular flexibility index (Phi) is 7.36. The van der Waals surface area contributed by atoms with E-state index >= 15 is 0 Å². The Balaban J connectivity index is 1.42. The van der Waals surface area contributed by atoms with E-state index in [-0.39, 0.29) is 5.91 Å². The fourth-order valence-electron chi connectivity index (χ4n) is 3.83. The molecule has 1 aromatic heterocycles. The standard InChI is InChI=1S/C26H29N3OS/c1-19-11-13-21(14-12-19)17-24-26(29-23-10-6-5-9-22(23)28-24)31-18-25(30)27-16-15-20-7-3-2-4-8-20/h5-7,9-14H,2-4,8,15-18H2,1H3,(H,27,30). The molecule has 160 valence electrons. The Hall–Kier alpha value is -2.66. The predicted molar refractivity (Wildman–Crippen MR) is 128 cm³/mol. The van der Waals surface area contributed by atoms with Crippen LogP contribution in [0.2, 0.25) is 0 Å². The number of nitrogens with zero attached hydrogens (tertiary/aromatic N) is 2. The average molecular weight is 432 g/mol. The van der Waals surface area contributed by atoms with Crippen LogP contribution < -0.4 is 5.32 Å². The first kappa shape index (κ1) is 21.6. The van der Waals surface area contributed by atoms with Gasteiger partial charge in [0.2, 0.25) is 5.91 Å². The third kappa shape index (κ3) is 6.17. The van der Waals surface area contributed by atoms with Crippen molar-refractivity contribution >= 4 is 28.7 Å². The van der Waals surface area contributed by atoms with E-state index < -0.39 is 0 Å². The van der Waals surface area contributed by atoms with Gasteiger partial charge in [-0.2, -0.15) is 0 Å². The van der Waals surface area contributed by atoms with Crippen LogP contribution >= 0.6 is 11.8 Å². The molecule has 1 N–H and O–H groups in total. The molecule has 1 amide bonds. The lowest BCUT2D eigenvalue weighted by atomic mass is 9.97. The quantitative estimate of drug-likeness (QED) is 0.371. The third-order valence-corrected chi connectivity index (χ3v) is 6.60. The summed E-state index contributed by atoms with van der Waals surface area (Å²) >= 11 is 1.48. The van der Waals surface area contributed by atoms with Crippen molar-refractivity contribution in [1.29, 1.82) is 0 Å². The maximum atomic E-state index is 12.4. The molecule has 31 heavy (non-hydrogen) atoms. The molecule has 0 spiro atoms. The first-order valence-electron chi connectivity index (χ1n) is 11.1. The van der Waals surface area contributed by atoms with Gasteiger partial charge in [0, 0.05) is 13.0 Å². The number of thioether (sulfide) groups is 1. The monoisotopic (exact) mass is 431 g/mol. The minimum Gasteiger partial charge on any atom is -0.355 e. The van der Waals surface area contributed by atoms with Gasteiger partial charge >= 0.3 is 0 Å². The van der Waals surface area contributed by atoms with Crippen LogP contribution in [0.3, 0.4) is 0 Å². The third-order valence-electron chi connectivity index (χ3n) is 5.59. The number of hydrogen-bond acceptors (Lipinski definition) is 4. The Morgan fingerprint density at radius 2 is 1.81 bits per heavy atom. The number of allylic oxidation sites excluding steroid dienone is 1. The van der Waals surface area contributed by atoms with Gasteiger partial charge in [0.25, 0.3) is 0 Å². The number of aromatic nitrogens is 2. The first-order valence-corrected chi connectivity index (χ1v) is 12.0. The smallest absolute Gasteiger partial charge is 0.230 e. The van der Waals surface area contributed by atoms with Gasteiger partial charge in [-0.1, -0.05) is 65.4 Å². The van der Waals surface area contributed by atoms with E-state index in [4.69, 9.17) is 9.97 Å². The van der Waals surface area contributed by atoms with Crippen molar-refractivity contribution in [1.82, 2.24) is 15.3 Å². The zero-order valence-corrected chi connectivity index (χ0v) is 18.9. The molecule has 3 aromatic rings. The number of rotatable bonds is 8. The van der Waals surface area contributed by atoms with E-state index in [1.807, 2.05) is 24.3 Å². The summed E-state index contributed by atoms with van der Waals surface area (Å²) in [4.78, 5) is 22.1. The molecule has 0 unspecified atom stereocenters. The molecule has 2 aromatic carbocycles. The number of nitrogens with one attached hydrogen (secondary N) is 1. The lowest BCUT2D eigenvalue weighted by Gasteiger charge is -2.13. The molecule has 1 aliphatic carbocycles. The van der Waals surface area contributed by atoms with Crippen LogP contribution in [0.5, 0.6) is 0 Å². The van der Waals surface area contributed by atoms with Crippen LogP contribution in [0.25, 0.3) is 11.0 Å². The predicted octanol–water partition coefficient (Wildman–Crippen LogP) is 5.63. The number of hydrogen-bond donors (Lipinski definition) is 1. The lowest BCUT2D eigenvalue weighted by Crippen LogP contribution is -2.26. The second-order valence-corrected chi connectivity index (χ2v) is 9.09. The van der Waals surface area contributed by atoms with Gasteiger partial charge in [-0.15, -0.1) is 0 Å². The highest BCUT2D eigenvalue weighted by Crippen LogP contribution is 2.25. The van der Waals surface area contributed by atoms with Gasteiger partial charge in [0.05, 0.1) is 22.5 Å². The number of fused-ring (bicyclic) bond motifs is 1. The van der Waals surface area contributed by atoms with E-state index in [9.17, 15) is 4.79 Å². The second kappa shape index (κ2) is 10.6. The van der Waals surface area contributed by atoms with Crippen molar-refractivity contribution in [3.05, 3.63) is 77.0 Å².